The van der Waals surface area contributed by atoms with Crippen LogP contribution in [0.1, 0.15) is 32.6 Å². The maximum Gasteiger partial charge on any atom is 0.260 e. The van der Waals surface area contributed by atoms with Crippen LogP contribution in [0.2, 0.25) is 0 Å². The van der Waals surface area contributed by atoms with Crippen molar-refractivity contribution in [2.75, 3.05) is 26.2 Å². The van der Waals surface area contributed by atoms with Crippen LogP contribution in [0.4, 0.5) is 8.78 Å². The molecule has 1 N–H and O–H groups in total. The Labute approximate surface area is 174 Å². The van der Waals surface area contributed by atoms with Crippen LogP contribution >= 0.6 is 0 Å². The molecular formula is C21H24F2N2O4S. The summed E-state index contributed by atoms with van der Waals surface area (Å²) in [6, 6.07) is 3.14. The maximum atomic E-state index is 14.0. The molecular weight excluding hydrogens is 414 g/mol. The zero-order chi connectivity index (χ0) is 22.4. The number of phenols is 1. The lowest BCUT2D eigenvalue weighted by Crippen LogP contribution is -2.50. The van der Waals surface area contributed by atoms with Crippen molar-refractivity contribution < 1.29 is 27.1 Å². The largest absolute Gasteiger partial charge is 0.507 e. The summed E-state index contributed by atoms with van der Waals surface area (Å²) in [7, 11) is -3.78. The summed E-state index contributed by atoms with van der Waals surface area (Å²) >= 11 is 0. The highest BCUT2D eigenvalue weighted by Crippen LogP contribution is 2.30. The quantitative estimate of drug-likeness (QED) is 0.799. The summed E-state index contributed by atoms with van der Waals surface area (Å²) in [5.74, 6) is -3.74. The summed E-state index contributed by atoms with van der Waals surface area (Å²) in [6.45, 7) is 7.38. The van der Waals surface area contributed by atoms with Crippen molar-refractivity contribution in [2.24, 2.45) is 0 Å². The highest BCUT2D eigenvalue weighted by atomic mass is 32.2. The molecule has 30 heavy (non-hydrogen) atoms. The minimum atomic E-state index is -3.78. The van der Waals surface area contributed by atoms with Crippen LogP contribution < -0.4 is 0 Å². The molecule has 0 unspecified atom stereocenters. The number of carbonyl (C=O) groups is 1. The summed E-state index contributed by atoms with van der Waals surface area (Å²) in [5.41, 5.74) is 2.53. The molecule has 0 atom stereocenters. The number of nitrogens with zero attached hydrogens (tertiary/aromatic N) is 2. The van der Waals surface area contributed by atoms with Gasteiger partial charge < -0.3 is 10.0 Å². The number of phenolic OH excluding ortho intramolecular Hbond substituents is 1. The molecule has 0 bridgehead atoms. The predicted molar refractivity (Wildman–Crippen MR) is 108 cm³/mol. The van der Waals surface area contributed by atoms with Crippen LogP contribution in [0.5, 0.6) is 5.75 Å². The van der Waals surface area contributed by atoms with Gasteiger partial charge in [0.05, 0.1) is 4.90 Å². The van der Waals surface area contributed by atoms with Crippen LogP contribution in [0, 0.1) is 39.3 Å². The first-order valence-electron chi connectivity index (χ1n) is 9.50. The van der Waals surface area contributed by atoms with Crippen molar-refractivity contribution in [2.45, 2.75) is 32.6 Å². The van der Waals surface area contributed by atoms with E-state index in [9.17, 15) is 27.1 Å². The number of aromatic hydroxyl groups is 1. The SMILES string of the molecule is Cc1cc(C)c(C)c(S(=O)(=O)N2CCN(C(=O)c3c(O)cc(F)cc3F)CC2)c1C. The maximum absolute atomic E-state index is 14.0. The Kier molecular flexibility index (Phi) is 5.88. The van der Waals surface area contributed by atoms with E-state index in [0.29, 0.717) is 23.3 Å². The van der Waals surface area contributed by atoms with Gasteiger partial charge in [0.25, 0.3) is 5.91 Å². The van der Waals surface area contributed by atoms with Gasteiger partial charge in [0.2, 0.25) is 10.0 Å². The van der Waals surface area contributed by atoms with Gasteiger partial charge in [-0.25, -0.2) is 17.2 Å². The Hall–Kier alpha value is -2.52. The fourth-order valence-corrected chi connectivity index (χ4v) is 5.76. The molecule has 1 heterocycles. The van der Waals surface area contributed by atoms with E-state index in [0.717, 1.165) is 11.1 Å². The molecule has 3 rings (SSSR count). The monoisotopic (exact) mass is 438 g/mol. The summed E-state index contributed by atoms with van der Waals surface area (Å²) in [4.78, 5) is 14.1. The molecule has 6 nitrogen and oxygen atoms in total. The third-order valence-electron chi connectivity index (χ3n) is 5.67. The van der Waals surface area contributed by atoms with Gasteiger partial charge in [0.1, 0.15) is 22.9 Å². The molecule has 1 aliphatic rings. The van der Waals surface area contributed by atoms with Gasteiger partial charge in [0.15, 0.2) is 0 Å². The fraction of sp³-hybridized carbons (Fsp3) is 0.381. The molecule has 0 saturated carbocycles. The van der Waals surface area contributed by atoms with E-state index in [1.807, 2.05) is 19.9 Å². The van der Waals surface area contributed by atoms with Crippen molar-refractivity contribution in [3.05, 3.63) is 57.7 Å². The average Bonchev–Trinajstić information content (AvgIpc) is 2.65. The second-order valence-electron chi connectivity index (χ2n) is 7.57. The Bertz CT molecular complexity index is 1080. The van der Waals surface area contributed by atoms with Gasteiger partial charge >= 0.3 is 0 Å². The molecule has 2 aromatic carbocycles. The van der Waals surface area contributed by atoms with Gasteiger partial charge in [-0.2, -0.15) is 4.31 Å². The Morgan fingerprint density at radius 1 is 0.933 bits per heavy atom. The second kappa shape index (κ2) is 7.96. The topological polar surface area (TPSA) is 77.9 Å². The number of amides is 1. The molecule has 1 saturated heterocycles. The van der Waals surface area contributed by atoms with E-state index in [4.69, 9.17) is 0 Å². The number of aryl methyl sites for hydroxylation is 2. The van der Waals surface area contributed by atoms with Crippen LogP contribution in [0.3, 0.4) is 0 Å². The van der Waals surface area contributed by atoms with E-state index in [2.05, 4.69) is 0 Å². The van der Waals surface area contributed by atoms with Crippen LogP contribution in [0.25, 0.3) is 0 Å². The molecule has 0 radical (unpaired) electrons. The molecule has 0 aliphatic carbocycles. The molecule has 0 aromatic heterocycles. The lowest BCUT2D eigenvalue weighted by molar-refractivity contribution is 0.0689. The van der Waals surface area contributed by atoms with Crippen molar-refractivity contribution in [3.8, 4) is 5.75 Å². The number of hydrogen-bond acceptors (Lipinski definition) is 4. The first kappa shape index (κ1) is 22.2. The fourth-order valence-electron chi connectivity index (χ4n) is 3.76. The van der Waals surface area contributed by atoms with Crippen LogP contribution in [-0.4, -0.2) is 54.8 Å². The first-order chi connectivity index (χ1) is 13.9. The van der Waals surface area contributed by atoms with Gasteiger partial charge in [-0.3, -0.25) is 4.79 Å². The third-order valence-corrected chi connectivity index (χ3v) is 7.84. The number of piperazine rings is 1. The molecule has 162 valence electrons. The predicted octanol–water partition coefficient (Wildman–Crippen LogP) is 3.05. The molecule has 0 spiro atoms. The van der Waals surface area contributed by atoms with Crippen LogP contribution in [-0.2, 0) is 10.0 Å². The van der Waals surface area contributed by atoms with Gasteiger partial charge in [-0.05, 0) is 49.9 Å². The molecule has 1 fully saturated rings. The molecule has 9 heteroatoms. The van der Waals surface area contributed by atoms with Gasteiger partial charge in [-0.15, -0.1) is 0 Å². The molecule has 1 amide bonds. The van der Waals surface area contributed by atoms with Gasteiger partial charge in [0, 0.05) is 38.3 Å². The minimum Gasteiger partial charge on any atom is -0.507 e. The zero-order valence-electron chi connectivity index (χ0n) is 17.3. The van der Waals surface area contributed by atoms with E-state index in [1.54, 1.807) is 13.8 Å². The number of halogens is 2. The summed E-state index contributed by atoms with van der Waals surface area (Å²) in [6.07, 6.45) is 0. The highest BCUT2D eigenvalue weighted by Gasteiger charge is 2.34. The van der Waals surface area contributed by atoms with E-state index >= 15 is 0 Å². The Morgan fingerprint density at radius 2 is 1.47 bits per heavy atom. The lowest BCUT2D eigenvalue weighted by atomic mass is 10.0. The van der Waals surface area contributed by atoms with Crippen molar-refractivity contribution >= 4 is 15.9 Å². The molecule has 2 aromatic rings. The first-order valence-corrected chi connectivity index (χ1v) is 10.9. The van der Waals surface area contributed by atoms with Crippen molar-refractivity contribution in [3.63, 3.8) is 0 Å². The van der Waals surface area contributed by atoms with Crippen LogP contribution in [0.15, 0.2) is 23.1 Å². The number of benzene rings is 2. The average molecular weight is 438 g/mol. The number of carbonyl (C=O) groups excluding carboxylic acids is 1. The summed E-state index contributed by atoms with van der Waals surface area (Å²) in [5, 5.41) is 9.78. The number of sulfonamides is 1. The number of rotatable bonds is 3. The van der Waals surface area contributed by atoms with E-state index in [-0.39, 0.29) is 31.1 Å². The van der Waals surface area contributed by atoms with Crippen molar-refractivity contribution in [1.29, 1.82) is 0 Å². The standard InChI is InChI=1S/C21H24F2N2O4S/c1-12-9-13(2)15(4)20(14(12)3)30(28,29)25-7-5-24(6-8-25)21(27)19-17(23)10-16(22)11-18(19)26/h9-11,26H,5-8H2,1-4H3. The minimum absolute atomic E-state index is 0.0250. The molecule has 1 aliphatic heterocycles. The summed E-state index contributed by atoms with van der Waals surface area (Å²) < 4.78 is 55.1. The number of hydrogen-bond donors (Lipinski definition) is 1. The second-order valence-corrected chi connectivity index (χ2v) is 9.44. The normalized spacial score (nSPS) is 15.5. The smallest absolute Gasteiger partial charge is 0.260 e. The highest BCUT2D eigenvalue weighted by molar-refractivity contribution is 7.89. The lowest BCUT2D eigenvalue weighted by Gasteiger charge is -2.35. The third kappa shape index (κ3) is 3.79. The van der Waals surface area contributed by atoms with Gasteiger partial charge in [-0.1, -0.05) is 6.07 Å². The Balaban J connectivity index is 1.83. The van der Waals surface area contributed by atoms with E-state index < -0.39 is 38.9 Å². The van der Waals surface area contributed by atoms with E-state index in [1.165, 1.54) is 9.21 Å². The zero-order valence-corrected chi connectivity index (χ0v) is 18.1. The Morgan fingerprint density at radius 3 is 1.97 bits per heavy atom. The van der Waals surface area contributed by atoms with Crippen molar-refractivity contribution in [1.82, 2.24) is 9.21 Å².